The summed E-state index contributed by atoms with van der Waals surface area (Å²) in [5.74, 6) is 0.685. The number of rotatable bonds is 2. The van der Waals surface area contributed by atoms with Crippen LogP contribution < -0.4 is 5.32 Å². The van der Waals surface area contributed by atoms with Crippen molar-refractivity contribution in [2.75, 3.05) is 13.2 Å². The third-order valence-electron chi connectivity index (χ3n) is 3.46. The highest BCUT2D eigenvalue weighted by Gasteiger charge is 2.56. The first-order chi connectivity index (χ1) is 7.48. The van der Waals surface area contributed by atoms with Gasteiger partial charge in [-0.3, -0.25) is 10.7 Å². The third kappa shape index (κ3) is 1.42. The van der Waals surface area contributed by atoms with E-state index in [0.29, 0.717) is 24.9 Å². The summed E-state index contributed by atoms with van der Waals surface area (Å²) >= 11 is 0. The molecule has 2 fully saturated rings. The van der Waals surface area contributed by atoms with Gasteiger partial charge in [-0.2, -0.15) is 0 Å². The average molecular weight is 225 g/mol. The van der Waals surface area contributed by atoms with Crippen molar-refractivity contribution in [1.82, 2.24) is 10.2 Å². The smallest absolute Gasteiger partial charge is 0.323 e. The summed E-state index contributed by atoms with van der Waals surface area (Å²) in [6.07, 6.45) is 0.621. The van der Waals surface area contributed by atoms with Gasteiger partial charge in [-0.05, 0) is 12.8 Å². The first-order valence-electron chi connectivity index (χ1n) is 5.77. The van der Waals surface area contributed by atoms with Crippen LogP contribution in [0.5, 0.6) is 0 Å². The number of nitrogens with one attached hydrogen (secondary N) is 2. The molecule has 2 aliphatic rings. The molecule has 2 atom stereocenters. The maximum atomic E-state index is 11.8. The molecule has 0 bridgehead atoms. The summed E-state index contributed by atoms with van der Waals surface area (Å²) in [7, 11) is 0. The second-order valence-corrected chi connectivity index (χ2v) is 5.00. The fourth-order valence-corrected chi connectivity index (χ4v) is 2.62. The normalized spacial score (nSPS) is 34.2. The Morgan fingerprint density at radius 1 is 1.69 bits per heavy atom. The largest absolute Gasteiger partial charge is 0.375 e. The van der Waals surface area contributed by atoms with Crippen molar-refractivity contribution in [2.45, 2.75) is 38.8 Å². The zero-order valence-electron chi connectivity index (χ0n) is 10.0. The SMILES string of the molecule is CC(C)CN1C(=O)NC(=N)C12CCOC2C. The van der Waals surface area contributed by atoms with Gasteiger partial charge < -0.3 is 9.64 Å². The molecule has 16 heavy (non-hydrogen) atoms. The van der Waals surface area contributed by atoms with E-state index in [2.05, 4.69) is 19.2 Å². The molecule has 0 aromatic carbocycles. The van der Waals surface area contributed by atoms with Crippen molar-refractivity contribution in [1.29, 1.82) is 5.41 Å². The van der Waals surface area contributed by atoms with Crippen molar-refractivity contribution < 1.29 is 9.53 Å². The first kappa shape index (κ1) is 11.4. The predicted octanol–water partition coefficient (Wildman–Crippen LogP) is 1.19. The minimum absolute atomic E-state index is 0.0994. The number of carbonyl (C=O) groups is 1. The number of amides is 2. The molecule has 0 aliphatic carbocycles. The van der Waals surface area contributed by atoms with Gasteiger partial charge in [-0.25, -0.2) is 4.79 Å². The Balaban J connectivity index is 2.32. The summed E-state index contributed by atoms with van der Waals surface area (Å²) in [6.45, 7) is 7.37. The quantitative estimate of drug-likeness (QED) is 0.741. The summed E-state index contributed by atoms with van der Waals surface area (Å²) < 4.78 is 5.55. The maximum absolute atomic E-state index is 11.8. The molecule has 2 N–H and O–H groups in total. The second-order valence-electron chi connectivity index (χ2n) is 5.00. The first-order valence-corrected chi connectivity index (χ1v) is 5.77. The van der Waals surface area contributed by atoms with Crippen LogP contribution >= 0.6 is 0 Å². The number of ether oxygens (including phenoxy) is 1. The van der Waals surface area contributed by atoms with Crippen LogP contribution in [0.3, 0.4) is 0 Å². The lowest BCUT2D eigenvalue weighted by Crippen LogP contribution is -2.55. The van der Waals surface area contributed by atoms with Gasteiger partial charge in [0, 0.05) is 19.6 Å². The molecule has 2 rings (SSSR count). The number of hydrogen-bond donors (Lipinski definition) is 2. The maximum Gasteiger partial charge on any atom is 0.323 e. The van der Waals surface area contributed by atoms with Crippen LogP contribution in [0.15, 0.2) is 0 Å². The van der Waals surface area contributed by atoms with E-state index in [4.69, 9.17) is 10.1 Å². The molecule has 5 nitrogen and oxygen atoms in total. The predicted molar refractivity (Wildman–Crippen MR) is 60.6 cm³/mol. The van der Waals surface area contributed by atoms with Crippen molar-refractivity contribution >= 4 is 11.9 Å². The standard InChI is InChI=1S/C11H19N3O2/c1-7(2)6-14-10(15)13-9(12)11(14)4-5-16-8(11)3/h7-8H,4-6H2,1-3H3,(H2,12,13,15). The molecule has 0 saturated carbocycles. The van der Waals surface area contributed by atoms with Gasteiger partial charge in [0.25, 0.3) is 0 Å². The van der Waals surface area contributed by atoms with Gasteiger partial charge in [0.05, 0.1) is 6.10 Å². The zero-order valence-corrected chi connectivity index (χ0v) is 10.0. The van der Waals surface area contributed by atoms with Crippen LogP contribution in [0.4, 0.5) is 4.79 Å². The highest BCUT2D eigenvalue weighted by Crippen LogP contribution is 2.36. The molecule has 1 spiro atoms. The Hall–Kier alpha value is -1.10. The Morgan fingerprint density at radius 2 is 2.38 bits per heavy atom. The van der Waals surface area contributed by atoms with E-state index in [1.807, 2.05) is 6.92 Å². The van der Waals surface area contributed by atoms with Gasteiger partial charge in [0.15, 0.2) is 0 Å². The second kappa shape index (κ2) is 3.73. The number of carbonyl (C=O) groups excluding carboxylic acids is 1. The topological polar surface area (TPSA) is 65.4 Å². The van der Waals surface area contributed by atoms with Crippen LogP contribution in [-0.4, -0.2) is 41.6 Å². The fraction of sp³-hybridized carbons (Fsp3) is 0.818. The Bertz CT molecular complexity index is 329. The van der Waals surface area contributed by atoms with Crippen molar-refractivity contribution in [3.63, 3.8) is 0 Å². The molecular formula is C11H19N3O2. The van der Waals surface area contributed by atoms with Crippen LogP contribution in [0, 0.1) is 11.3 Å². The van der Waals surface area contributed by atoms with Gasteiger partial charge in [-0.15, -0.1) is 0 Å². The van der Waals surface area contributed by atoms with Crippen LogP contribution in [0.25, 0.3) is 0 Å². The Morgan fingerprint density at radius 3 is 2.88 bits per heavy atom. The summed E-state index contributed by atoms with van der Waals surface area (Å²) in [5.41, 5.74) is -0.540. The van der Waals surface area contributed by atoms with Crippen molar-refractivity contribution in [3.05, 3.63) is 0 Å². The van der Waals surface area contributed by atoms with E-state index >= 15 is 0 Å². The van der Waals surface area contributed by atoms with Gasteiger partial charge >= 0.3 is 6.03 Å². The molecule has 0 aromatic heterocycles. The summed E-state index contributed by atoms with van der Waals surface area (Å²) in [5, 5.41) is 10.6. The molecule has 5 heteroatoms. The van der Waals surface area contributed by atoms with E-state index in [9.17, 15) is 4.79 Å². The van der Waals surface area contributed by atoms with E-state index < -0.39 is 5.54 Å². The zero-order chi connectivity index (χ0) is 11.9. The van der Waals surface area contributed by atoms with Gasteiger partial charge in [0.2, 0.25) is 0 Å². The molecule has 0 radical (unpaired) electrons. The number of urea groups is 1. The molecule has 2 amide bonds. The van der Waals surface area contributed by atoms with Gasteiger partial charge in [-0.1, -0.05) is 13.8 Å². The molecule has 2 saturated heterocycles. The molecule has 2 unspecified atom stereocenters. The molecule has 90 valence electrons. The summed E-state index contributed by atoms with van der Waals surface area (Å²) in [6, 6.07) is -0.156. The fourth-order valence-electron chi connectivity index (χ4n) is 2.62. The molecule has 0 aromatic rings. The Labute approximate surface area is 95.6 Å². The Kier molecular flexibility index (Phi) is 2.66. The number of hydrogen-bond acceptors (Lipinski definition) is 3. The summed E-state index contributed by atoms with van der Waals surface area (Å²) in [4.78, 5) is 13.6. The van der Waals surface area contributed by atoms with E-state index in [1.165, 1.54) is 0 Å². The van der Waals surface area contributed by atoms with Crippen molar-refractivity contribution in [2.24, 2.45) is 5.92 Å². The minimum Gasteiger partial charge on any atom is -0.375 e. The highest BCUT2D eigenvalue weighted by atomic mass is 16.5. The lowest BCUT2D eigenvalue weighted by molar-refractivity contribution is 0.0664. The average Bonchev–Trinajstić information content (AvgIpc) is 2.65. The van der Waals surface area contributed by atoms with Crippen LogP contribution in [-0.2, 0) is 4.74 Å². The van der Waals surface area contributed by atoms with Gasteiger partial charge in [0.1, 0.15) is 11.4 Å². The van der Waals surface area contributed by atoms with Crippen molar-refractivity contribution in [3.8, 4) is 0 Å². The molecule has 2 aliphatic heterocycles. The monoisotopic (exact) mass is 225 g/mol. The lowest BCUT2D eigenvalue weighted by Gasteiger charge is -2.36. The highest BCUT2D eigenvalue weighted by molar-refractivity contribution is 6.09. The van der Waals surface area contributed by atoms with Crippen LogP contribution in [0.2, 0.25) is 0 Å². The lowest BCUT2D eigenvalue weighted by atomic mass is 9.89. The molecule has 2 heterocycles. The third-order valence-corrected chi connectivity index (χ3v) is 3.46. The number of nitrogens with zero attached hydrogens (tertiary/aromatic N) is 1. The van der Waals surface area contributed by atoms with E-state index in [1.54, 1.807) is 4.90 Å². The minimum atomic E-state index is -0.540. The van der Waals surface area contributed by atoms with E-state index in [0.717, 1.165) is 6.42 Å². The molecular weight excluding hydrogens is 206 g/mol. The van der Waals surface area contributed by atoms with Crippen LogP contribution in [0.1, 0.15) is 27.2 Å². The number of amidine groups is 1. The van der Waals surface area contributed by atoms with E-state index in [-0.39, 0.29) is 12.1 Å².